The lowest BCUT2D eigenvalue weighted by molar-refractivity contribution is 1.14. The molecule has 0 N–H and O–H groups in total. The van der Waals surface area contributed by atoms with Gasteiger partial charge in [-0.05, 0) is 29.3 Å². The molecule has 5 rings (SSSR count). The average molecular weight is 321 g/mol. The van der Waals surface area contributed by atoms with E-state index in [-0.39, 0.29) is 0 Å². The van der Waals surface area contributed by atoms with Crippen LogP contribution in [-0.4, -0.2) is 14.5 Å². The van der Waals surface area contributed by atoms with Gasteiger partial charge in [0.05, 0.1) is 22.7 Å². The fourth-order valence-electron chi connectivity index (χ4n) is 3.40. The number of aromatic nitrogens is 3. The Kier molecular flexibility index (Phi) is 3.10. The van der Waals surface area contributed by atoms with Crippen LogP contribution < -0.4 is 0 Å². The average Bonchev–Trinajstić information content (AvgIpc) is 3.03. The second kappa shape index (κ2) is 5.56. The number of fused-ring (bicyclic) bond motifs is 3. The fourth-order valence-corrected chi connectivity index (χ4v) is 3.40. The highest BCUT2D eigenvalue weighted by Gasteiger charge is 2.12. The molecule has 3 heteroatoms. The lowest BCUT2D eigenvalue weighted by Crippen LogP contribution is -1.94. The third kappa shape index (κ3) is 2.21. The van der Waals surface area contributed by atoms with Gasteiger partial charge in [0.2, 0.25) is 0 Å². The van der Waals surface area contributed by atoms with Gasteiger partial charge in [-0.15, -0.1) is 0 Å². The van der Waals surface area contributed by atoms with Gasteiger partial charge in [0.1, 0.15) is 6.33 Å². The Morgan fingerprint density at radius 3 is 2.20 bits per heavy atom. The molecule has 0 radical (unpaired) electrons. The summed E-state index contributed by atoms with van der Waals surface area (Å²) in [5, 5.41) is 1.15. The summed E-state index contributed by atoms with van der Waals surface area (Å²) in [6.07, 6.45) is 3.49. The molecule has 0 fully saturated rings. The van der Waals surface area contributed by atoms with E-state index < -0.39 is 0 Å². The second-order valence-electron chi connectivity index (χ2n) is 6.02. The quantitative estimate of drug-likeness (QED) is 0.445. The van der Waals surface area contributed by atoms with E-state index in [1.54, 1.807) is 6.33 Å². The maximum Gasteiger partial charge on any atom is 0.116 e. The Bertz CT molecular complexity index is 1120. The predicted octanol–water partition coefficient (Wildman–Crippen LogP) is 5.24. The molecule has 0 bridgehead atoms. The minimum Gasteiger partial charge on any atom is -0.306 e. The van der Waals surface area contributed by atoms with Crippen LogP contribution in [0.5, 0.6) is 0 Å². The van der Waals surface area contributed by atoms with E-state index in [1.165, 1.54) is 11.1 Å². The van der Waals surface area contributed by atoms with Crippen LogP contribution in [0.4, 0.5) is 0 Å². The number of hydrogen-bond acceptors (Lipinski definition) is 2. The van der Waals surface area contributed by atoms with Crippen LogP contribution in [-0.2, 0) is 0 Å². The minimum atomic E-state index is 0.984. The molecule has 118 valence electrons. The summed E-state index contributed by atoms with van der Waals surface area (Å²) in [7, 11) is 0. The Balaban J connectivity index is 1.73. The molecule has 2 heterocycles. The normalized spacial score (nSPS) is 11.2. The number of rotatable bonds is 2. The maximum atomic E-state index is 4.49. The van der Waals surface area contributed by atoms with Crippen molar-refractivity contribution in [2.24, 2.45) is 0 Å². The van der Waals surface area contributed by atoms with Crippen molar-refractivity contribution in [3.05, 3.63) is 91.4 Å². The number of para-hydroxylation sites is 1. The number of nitrogens with zero attached hydrogens (tertiary/aromatic N) is 3. The third-order valence-corrected chi connectivity index (χ3v) is 4.57. The lowest BCUT2D eigenvalue weighted by Gasteiger charge is -2.08. The topological polar surface area (TPSA) is 30.7 Å². The summed E-state index contributed by atoms with van der Waals surface area (Å²) >= 11 is 0. The summed E-state index contributed by atoms with van der Waals surface area (Å²) in [5.41, 5.74) is 6.70. The van der Waals surface area contributed by atoms with Gasteiger partial charge in [0.15, 0.2) is 0 Å². The minimum absolute atomic E-state index is 0.984. The largest absolute Gasteiger partial charge is 0.306 e. The van der Waals surface area contributed by atoms with E-state index in [0.717, 1.165) is 27.6 Å². The van der Waals surface area contributed by atoms with Gasteiger partial charge >= 0.3 is 0 Å². The van der Waals surface area contributed by atoms with Crippen molar-refractivity contribution in [1.82, 2.24) is 14.5 Å². The highest BCUT2D eigenvalue weighted by atomic mass is 15.0. The van der Waals surface area contributed by atoms with Crippen molar-refractivity contribution < 1.29 is 0 Å². The highest BCUT2D eigenvalue weighted by Crippen LogP contribution is 2.30. The first-order valence-electron chi connectivity index (χ1n) is 8.27. The molecule has 3 nitrogen and oxygen atoms in total. The Hall–Kier alpha value is -3.46. The summed E-state index contributed by atoms with van der Waals surface area (Å²) in [6, 6.07) is 27.4. The van der Waals surface area contributed by atoms with Gasteiger partial charge < -0.3 is 4.57 Å². The Morgan fingerprint density at radius 2 is 1.36 bits per heavy atom. The van der Waals surface area contributed by atoms with Crippen LogP contribution in [0.3, 0.4) is 0 Å². The van der Waals surface area contributed by atoms with Crippen LogP contribution >= 0.6 is 0 Å². The van der Waals surface area contributed by atoms with Crippen LogP contribution in [0.15, 0.2) is 91.4 Å². The van der Waals surface area contributed by atoms with Gasteiger partial charge in [-0.2, -0.15) is 0 Å². The summed E-state index contributed by atoms with van der Waals surface area (Å²) < 4.78 is 2.22. The molecule has 0 aliphatic carbocycles. The molecule has 0 spiro atoms. The van der Waals surface area contributed by atoms with Crippen molar-refractivity contribution in [3.8, 4) is 16.8 Å². The summed E-state index contributed by atoms with van der Waals surface area (Å²) in [6.45, 7) is 0. The van der Waals surface area contributed by atoms with E-state index in [9.17, 15) is 0 Å². The van der Waals surface area contributed by atoms with Crippen LogP contribution in [0.1, 0.15) is 0 Å². The molecule has 3 aromatic carbocycles. The highest BCUT2D eigenvalue weighted by molar-refractivity contribution is 6.06. The Morgan fingerprint density at radius 1 is 0.640 bits per heavy atom. The van der Waals surface area contributed by atoms with Crippen molar-refractivity contribution in [2.45, 2.75) is 0 Å². The molecule has 5 aromatic rings. The van der Waals surface area contributed by atoms with Gasteiger partial charge in [0, 0.05) is 11.1 Å². The summed E-state index contributed by atoms with van der Waals surface area (Å²) in [4.78, 5) is 8.72. The molecule has 0 atom stereocenters. The third-order valence-electron chi connectivity index (χ3n) is 4.57. The maximum absolute atomic E-state index is 4.49. The molecule has 2 aromatic heterocycles. The van der Waals surface area contributed by atoms with Gasteiger partial charge in [-0.3, -0.25) is 0 Å². The standard InChI is InChI=1S/C22H15N3/c1-2-6-16(7-3-1)17-10-12-18(13-11-17)25-20-9-5-4-8-19(20)22-21(25)14-23-15-24-22/h1-15H. The first-order valence-corrected chi connectivity index (χ1v) is 8.27. The van der Waals surface area contributed by atoms with E-state index in [1.807, 2.05) is 18.3 Å². The van der Waals surface area contributed by atoms with Gasteiger partial charge in [0.25, 0.3) is 0 Å². The van der Waals surface area contributed by atoms with Crippen LogP contribution in [0, 0.1) is 0 Å². The molecule has 0 aliphatic rings. The second-order valence-corrected chi connectivity index (χ2v) is 6.02. The molecular formula is C22H15N3. The SMILES string of the molecule is c1ccc(-c2ccc(-n3c4ccccc4c4ncncc43)cc2)cc1. The predicted molar refractivity (Wildman–Crippen MR) is 102 cm³/mol. The van der Waals surface area contributed by atoms with Crippen LogP contribution in [0.25, 0.3) is 38.8 Å². The zero-order chi connectivity index (χ0) is 16.6. The zero-order valence-corrected chi connectivity index (χ0v) is 13.5. The molecule has 0 saturated heterocycles. The summed E-state index contributed by atoms with van der Waals surface area (Å²) in [5.74, 6) is 0. The monoisotopic (exact) mass is 321 g/mol. The van der Waals surface area contributed by atoms with Crippen LogP contribution in [0.2, 0.25) is 0 Å². The van der Waals surface area contributed by atoms with Crippen molar-refractivity contribution in [1.29, 1.82) is 0 Å². The van der Waals surface area contributed by atoms with Gasteiger partial charge in [-0.1, -0.05) is 60.7 Å². The molecule has 0 unspecified atom stereocenters. The van der Waals surface area contributed by atoms with E-state index in [2.05, 4.69) is 81.3 Å². The molecule has 0 saturated carbocycles. The first kappa shape index (κ1) is 13.9. The van der Waals surface area contributed by atoms with Crippen molar-refractivity contribution in [3.63, 3.8) is 0 Å². The van der Waals surface area contributed by atoms with E-state index in [0.29, 0.717) is 0 Å². The zero-order valence-electron chi connectivity index (χ0n) is 13.5. The van der Waals surface area contributed by atoms with E-state index >= 15 is 0 Å². The smallest absolute Gasteiger partial charge is 0.116 e. The fraction of sp³-hybridized carbons (Fsp3) is 0. The van der Waals surface area contributed by atoms with Crippen molar-refractivity contribution >= 4 is 21.9 Å². The number of hydrogen-bond donors (Lipinski definition) is 0. The van der Waals surface area contributed by atoms with E-state index in [4.69, 9.17) is 0 Å². The molecular weight excluding hydrogens is 306 g/mol. The van der Waals surface area contributed by atoms with Crippen molar-refractivity contribution in [2.75, 3.05) is 0 Å². The molecule has 25 heavy (non-hydrogen) atoms. The first-order chi connectivity index (χ1) is 12.4. The molecule has 0 aliphatic heterocycles. The Labute approximate surface area is 145 Å². The lowest BCUT2D eigenvalue weighted by atomic mass is 10.1. The molecule has 0 amide bonds. The number of benzene rings is 3. The van der Waals surface area contributed by atoms with Gasteiger partial charge in [-0.25, -0.2) is 9.97 Å².